The topological polar surface area (TPSA) is 81.5 Å². The van der Waals surface area contributed by atoms with E-state index in [0.29, 0.717) is 0 Å². The molecule has 0 aromatic carbocycles. The average Bonchev–Trinajstić information content (AvgIpc) is 1.66. The minimum absolute atomic E-state index is 0.273. The van der Waals surface area contributed by atoms with Crippen LogP contribution < -0.4 is 11.2 Å². The molecule has 0 rings (SSSR count). The van der Waals surface area contributed by atoms with E-state index < -0.39 is 8.53 Å². The molecule has 48 valence electrons. The Morgan fingerprint density at radius 2 is 2.38 bits per heavy atom. The minimum Gasteiger partial charge on any atom is -0.405 e. The maximum Gasteiger partial charge on any atom is 0.250 e. The molecule has 0 aromatic heterocycles. The molecule has 0 spiro atoms. The highest BCUT2D eigenvalue weighted by atomic mass is 31.2. The maximum absolute atomic E-state index is 8.32. The van der Waals surface area contributed by atoms with E-state index in [4.69, 9.17) is 16.1 Å². The summed E-state index contributed by atoms with van der Waals surface area (Å²) in [7, 11) is -1.72. The predicted molar refractivity (Wildman–Crippen MR) is 32.6 cm³/mol. The summed E-state index contributed by atoms with van der Waals surface area (Å²) in [6, 6.07) is 0. The first-order chi connectivity index (χ1) is 3.77. The lowest BCUT2D eigenvalue weighted by molar-refractivity contribution is 0.349. The van der Waals surface area contributed by atoms with Crippen LogP contribution in [0.15, 0.2) is 12.3 Å². The lowest BCUT2D eigenvalue weighted by Crippen LogP contribution is -1.92. The van der Waals surface area contributed by atoms with E-state index in [1.165, 1.54) is 6.20 Å². The minimum atomic E-state index is -1.72. The maximum atomic E-state index is 8.32. The van der Waals surface area contributed by atoms with Crippen molar-refractivity contribution in [3.05, 3.63) is 12.3 Å². The first-order valence-corrected chi connectivity index (χ1v) is 3.29. The number of rotatable bonds is 3. The molecule has 5 N–H and O–H groups in total. The van der Waals surface area contributed by atoms with Gasteiger partial charge in [-0.2, -0.15) is 0 Å². The molecule has 0 aliphatic heterocycles. The first kappa shape index (κ1) is 7.85. The van der Waals surface area contributed by atoms with Crippen molar-refractivity contribution < 1.29 is 9.42 Å². The number of hydrogen-bond acceptors (Lipinski definition) is 4. The molecular formula is C3H9N2O2P. The van der Waals surface area contributed by atoms with Crippen LogP contribution in [0.1, 0.15) is 0 Å². The molecule has 0 bridgehead atoms. The molecule has 0 radical (unpaired) electrons. The molecule has 0 fully saturated rings. The molecular weight excluding hydrogens is 127 g/mol. The summed E-state index contributed by atoms with van der Waals surface area (Å²) >= 11 is 0. The van der Waals surface area contributed by atoms with E-state index in [1.807, 2.05) is 0 Å². The van der Waals surface area contributed by atoms with Gasteiger partial charge in [-0.15, -0.1) is 0 Å². The summed E-state index contributed by atoms with van der Waals surface area (Å²) in [5, 5.41) is 0. The molecule has 0 aliphatic carbocycles. The Balaban J connectivity index is 2.93. The Morgan fingerprint density at radius 1 is 1.75 bits per heavy atom. The normalized spacial score (nSPS) is 14.8. The van der Waals surface area contributed by atoms with Gasteiger partial charge in [0, 0.05) is 0 Å². The lowest BCUT2D eigenvalue weighted by Gasteiger charge is -1.98. The molecule has 4 nitrogen and oxygen atoms in total. The second kappa shape index (κ2) is 5.00. The molecule has 0 aromatic rings. The van der Waals surface area contributed by atoms with Gasteiger partial charge in [0.05, 0.1) is 6.61 Å². The van der Waals surface area contributed by atoms with Crippen molar-refractivity contribution in [2.24, 2.45) is 11.2 Å². The molecule has 0 heterocycles. The molecule has 0 amide bonds. The molecule has 1 atom stereocenters. The smallest absolute Gasteiger partial charge is 0.250 e. The van der Waals surface area contributed by atoms with E-state index >= 15 is 0 Å². The summed E-state index contributed by atoms with van der Waals surface area (Å²) in [6.07, 6.45) is 2.89. The zero-order valence-electron chi connectivity index (χ0n) is 4.32. The molecule has 8 heavy (non-hydrogen) atoms. The largest absolute Gasteiger partial charge is 0.405 e. The Hall–Kier alpha value is -0.150. The van der Waals surface area contributed by atoms with Gasteiger partial charge in [-0.25, -0.2) is 0 Å². The van der Waals surface area contributed by atoms with E-state index in [0.717, 1.165) is 0 Å². The van der Waals surface area contributed by atoms with Gasteiger partial charge < -0.3 is 15.2 Å². The van der Waals surface area contributed by atoms with Gasteiger partial charge >= 0.3 is 0 Å². The number of nitrogens with two attached hydrogens (primary N) is 2. The monoisotopic (exact) mass is 136 g/mol. The van der Waals surface area contributed by atoms with Crippen LogP contribution >= 0.6 is 8.53 Å². The van der Waals surface area contributed by atoms with E-state index in [9.17, 15) is 0 Å². The molecule has 1 unspecified atom stereocenters. The van der Waals surface area contributed by atoms with Gasteiger partial charge in [0.25, 0.3) is 0 Å². The van der Waals surface area contributed by atoms with E-state index in [1.54, 1.807) is 6.08 Å². The van der Waals surface area contributed by atoms with Crippen LogP contribution in [0.25, 0.3) is 0 Å². The van der Waals surface area contributed by atoms with Gasteiger partial charge in [0.2, 0.25) is 8.53 Å². The zero-order chi connectivity index (χ0) is 6.41. The SMILES string of the molecule is NC=CCOP(N)O. The fourth-order valence-electron chi connectivity index (χ4n) is 0.175. The second-order valence-electron chi connectivity index (χ2n) is 1.03. The van der Waals surface area contributed by atoms with Crippen LogP contribution in [0.4, 0.5) is 0 Å². The van der Waals surface area contributed by atoms with Crippen molar-refractivity contribution in [2.75, 3.05) is 6.61 Å². The Bertz CT molecular complexity index is 75.7. The Morgan fingerprint density at radius 3 is 2.75 bits per heavy atom. The quantitative estimate of drug-likeness (QED) is 0.463. The molecule has 0 saturated heterocycles. The third-order valence-corrected chi connectivity index (χ3v) is 0.853. The van der Waals surface area contributed by atoms with Crippen molar-refractivity contribution in [1.82, 2.24) is 0 Å². The first-order valence-electron chi connectivity index (χ1n) is 2.00. The third kappa shape index (κ3) is 5.85. The van der Waals surface area contributed by atoms with Crippen molar-refractivity contribution in [2.45, 2.75) is 0 Å². The van der Waals surface area contributed by atoms with Gasteiger partial charge in [-0.05, 0) is 12.3 Å². The third-order valence-electron chi connectivity index (χ3n) is 0.439. The van der Waals surface area contributed by atoms with E-state index in [-0.39, 0.29) is 6.61 Å². The van der Waals surface area contributed by atoms with Gasteiger partial charge in [0.1, 0.15) is 0 Å². The summed E-state index contributed by atoms with van der Waals surface area (Å²) in [5.41, 5.74) is 9.80. The van der Waals surface area contributed by atoms with Crippen LogP contribution in [-0.4, -0.2) is 11.5 Å². The molecule has 0 aliphatic rings. The molecule has 0 saturated carbocycles. The Labute approximate surface area is 49.1 Å². The van der Waals surface area contributed by atoms with Gasteiger partial charge in [-0.3, -0.25) is 5.50 Å². The lowest BCUT2D eigenvalue weighted by atomic mass is 10.7. The van der Waals surface area contributed by atoms with Crippen molar-refractivity contribution >= 4 is 8.53 Å². The van der Waals surface area contributed by atoms with Gasteiger partial charge in [-0.1, -0.05) is 0 Å². The fraction of sp³-hybridized carbons (Fsp3) is 0.333. The fourth-order valence-corrected chi connectivity index (χ4v) is 0.414. The van der Waals surface area contributed by atoms with Gasteiger partial charge in [0.15, 0.2) is 0 Å². The van der Waals surface area contributed by atoms with Crippen LogP contribution in [0.2, 0.25) is 0 Å². The summed E-state index contributed by atoms with van der Waals surface area (Å²) in [4.78, 5) is 8.32. The van der Waals surface area contributed by atoms with E-state index in [2.05, 4.69) is 4.52 Å². The van der Waals surface area contributed by atoms with Crippen LogP contribution in [0, 0.1) is 0 Å². The highest BCUT2D eigenvalue weighted by Gasteiger charge is 1.90. The molecule has 5 heteroatoms. The highest BCUT2D eigenvalue weighted by Crippen LogP contribution is 2.18. The van der Waals surface area contributed by atoms with Crippen LogP contribution in [-0.2, 0) is 4.52 Å². The van der Waals surface area contributed by atoms with Crippen LogP contribution in [0.3, 0.4) is 0 Å². The zero-order valence-corrected chi connectivity index (χ0v) is 5.21. The van der Waals surface area contributed by atoms with Crippen molar-refractivity contribution in [3.8, 4) is 0 Å². The van der Waals surface area contributed by atoms with Crippen molar-refractivity contribution in [1.29, 1.82) is 0 Å². The summed E-state index contributed by atoms with van der Waals surface area (Å²) in [6.45, 7) is 0.273. The average molecular weight is 136 g/mol. The van der Waals surface area contributed by atoms with Crippen LogP contribution in [0.5, 0.6) is 0 Å². The standard InChI is InChI=1S/C3H9N2O2P/c4-2-1-3-7-8(5)6/h1-2,6H,3-5H2. The Kier molecular flexibility index (Phi) is 4.90. The highest BCUT2D eigenvalue weighted by molar-refractivity contribution is 7.43. The predicted octanol–water partition coefficient (Wildman–Crippen LogP) is -0.347. The second-order valence-corrected chi connectivity index (χ2v) is 1.89. The summed E-state index contributed by atoms with van der Waals surface area (Å²) < 4.78 is 4.51. The number of hydrogen-bond donors (Lipinski definition) is 3. The summed E-state index contributed by atoms with van der Waals surface area (Å²) in [5.74, 6) is 0. The van der Waals surface area contributed by atoms with Crippen molar-refractivity contribution in [3.63, 3.8) is 0 Å².